The van der Waals surface area contributed by atoms with Gasteiger partial charge in [0.05, 0.1) is 6.04 Å². The number of halogens is 1. The van der Waals surface area contributed by atoms with Gasteiger partial charge >= 0.3 is 6.03 Å². The van der Waals surface area contributed by atoms with Gasteiger partial charge in [0, 0.05) is 31.9 Å². The largest absolute Gasteiger partial charge is 0.322 e. The molecule has 1 N–H and O–H groups in total. The van der Waals surface area contributed by atoms with Crippen LogP contribution in [0.3, 0.4) is 0 Å². The Hall–Kier alpha value is -3.18. The van der Waals surface area contributed by atoms with Crippen LogP contribution in [0.25, 0.3) is 0 Å². The number of hydrogen-bond donors (Lipinski definition) is 1. The molecular formula is C25H26FN3O. The average molecular weight is 404 g/mol. The molecule has 154 valence electrons. The zero-order valence-corrected chi connectivity index (χ0v) is 17.1. The zero-order valence-electron chi connectivity index (χ0n) is 17.1. The molecule has 2 amide bonds. The van der Waals surface area contributed by atoms with Gasteiger partial charge in [-0.25, -0.2) is 9.18 Å². The van der Waals surface area contributed by atoms with Crippen LogP contribution in [0.2, 0.25) is 0 Å². The van der Waals surface area contributed by atoms with Crippen LogP contribution in [0, 0.1) is 12.7 Å². The van der Waals surface area contributed by atoms with Crippen molar-refractivity contribution in [2.24, 2.45) is 0 Å². The molecule has 1 heterocycles. The molecule has 30 heavy (non-hydrogen) atoms. The molecule has 0 radical (unpaired) electrons. The van der Waals surface area contributed by atoms with Crippen LogP contribution in [0.1, 0.15) is 22.7 Å². The van der Waals surface area contributed by atoms with Crippen molar-refractivity contribution in [3.63, 3.8) is 0 Å². The molecule has 4 nitrogen and oxygen atoms in total. The average Bonchev–Trinajstić information content (AvgIpc) is 2.75. The summed E-state index contributed by atoms with van der Waals surface area (Å²) in [5.41, 5.74) is 3.77. The monoisotopic (exact) mass is 403 g/mol. The second kappa shape index (κ2) is 9.09. The van der Waals surface area contributed by atoms with Gasteiger partial charge in [0.25, 0.3) is 0 Å². The molecule has 0 aliphatic carbocycles. The fourth-order valence-corrected chi connectivity index (χ4v) is 4.08. The predicted octanol–water partition coefficient (Wildman–Crippen LogP) is 5.07. The summed E-state index contributed by atoms with van der Waals surface area (Å²) >= 11 is 0. The fraction of sp³-hybridized carbons (Fsp3) is 0.240. The van der Waals surface area contributed by atoms with Gasteiger partial charge in [-0.05, 0) is 41.8 Å². The summed E-state index contributed by atoms with van der Waals surface area (Å²) in [6.07, 6.45) is 0. The van der Waals surface area contributed by atoms with E-state index in [-0.39, 0.29) is 17.9 Å². The molecule has 0 bridgehead atoms. The second-order valence-electron chi connectivity index (χ2n) is 7.69. The summed E-state index contributed by atoms with van der Waals surface area (Å²) in [7, 11) is 0. The molecule has 0 aromatic heterocycles. The Morgan fingerprint density at radius 2 is 1.43 bits per heavy atom. The third-order valence-corrected chi connectivity index (χ3v) is 5.49. The van der Waals surface area contributed by atoms with E-state index in [1.54, 1.807) is 11.0 Å². The van der Waals surface area contributed by atoms with E-state index in [0.717, 1.165) is 18.7 Å². The highest BCUT2D eigenvalue weighted by molar-refractivity contribution is 5.89. The lowest BCUT2D eigenvalue weighted by atomic mass is 9.96. The third-order valence-electron chi connectivity index (χ3n) is 5.49. The van der Waals surface area contributed by atoms with Gasteiger partial charge in [-0.1, -0.05) is 60.7 Å². The minimum absolute atomic E-state index is 0.156. The molecule has 0 unspecified atom stereocenters. The summed E-state index contributed by atoms with van der Waals surface area (Å²) in [4.78, 5) is 16.9. The van der Waals surface area contributed by atoms with Gasteiger partial charge in [-0.3, -0.25) is 4.90 Å². The number of urea groups is 1. The molecule has 0 saturated carbocycles. The standard InChI is InChI=1S/C25H26FN3O/c1-19-16-22(26)18-23(17-19)27-25(30)29-14-12-28(13-15-29)24(20-8-4-2-5-9-20)21-10-6-3-7-11-21/h2-11,16-18,24H,12-15H2,1H3,(H,27,30). The van der Waals surface area contributed by atoms with Crippen molar-refractivity contribution >= 4 is 11.7 Å². The number of nitrogens with zero attached hydrogens (tertiary/aromatic N) is 2. The van der Waals surface area contributed by atoms with E-state index in [1.807, 2.05) is 19.1 Å². The summed E-state index contributed by atoms with van der Waals surface area (Å²) in [6, 6.07) is 25.5. The number of rotatable bonds is 4. The van der Waals surface area contributed by atoms with E-state index < -0.39 is 0 Å². The van der Waals surface area contributed by atoms with Crippen molar-refractivity contribution in [3.05, 3.63) is 101 Å². The maximum Gasteiger partial charge on any atom is 0.321 e. The minimum Gasteiger partial charge on any atom is -0.322 e. The van der Waals surface area contributed by atoms with Gasteiger partial charge in [0.15, 0.2) is 0 Å². The Balaban J connectivity index is 1.45. The number of carbonyl (C=O) groups is 1. The van der Waals surface area contributed by atoms with Gasteiger partial charge < -0.3 is 10.2 Å². The summed E-state index contributed by atoms with van der Waals surface area (Å²) in [5, 5.41) is 2.83. The molecule has 1 aliphatic heterocycles. The number of piperazine rings is 1. The first kappa shape index (κ1) is 20.1. The number of amides is 2. The maximum absolute atomic E-state index is 13.6. The molecule has 4 rings (SSSR count). The molecule has 1 saturated heterocycles. The van der Waals surface area contributed by atoms with Crippen LogP contribution in [0.5, 0.6) is 0 Å². The quantitative estimate of drug-likeness (QED) is 0.660. The van der Waals surface area contributed by atoms with Crippen LogP contribution in [-0.4, -0.2) is 42.0 Å². The molecule has 3 aromatic carbocycles. The Labute approximate surface area is 176 Å². The van der Waals surface area contributed by atoms with E-state index in [4.69, 9.17) is 0 Å². The Morgan fingerprint density at radius 3 is 1.97 bits per heavy atom. The van der Waals surface area contributed by atoms with Crippen LogP contribution in [-0.2, 0) is 0 Å². The lowest BCUT2D eigenvalue weighted by Gasteiger charge is -2.39. The SMILES string of the molecule is Cc1cc(F)cc(NC(=O)N2CCN(C(c3ccccc3)c3ccccc3)CC2)c1. The number of benzene rings is 3. The normalized spacial score (nSPS) is 14.7. The Bertz CT molecular complexity index is 926. The second-order valence-corrected chi connectivity index (χ2v) is 7.69. The van der Waals surface area contributed by atoms with Gasteiger partial charge in [0.1, 0.15) is 5.82 Å². The smallest absolute Gasteiger partial charge is 0.321 e. The van der Waals surface area contributed by atoms with Crippen LogP contribution >= 0.6 is 0 Å². The number of hydrogen-bond acceptors (Lipinski definition) is 2. The highest BCUT2D eigenvalue weighted by Gasteiger charge is 2.28. The van der Waals surface area contributed by atoms with Gasteiger partial charge in [-0.2, -0.15) is 0 Å². The van der Waals surface area contributed by atoms with Crippen molar-refractivity contribution in [3.8, 4) is 0 Å². The summed E-state index contributed by atoms with van der Waals surface area (Å²) < 4.78 is 13.6. The highest BCUT2D eigenvalue weighted by Crippen LogP contribution is 2.29. The van der Waals surface area contributed by atoms with E-state index in [9.17, 15) is 9.18 Å². The predicted molar refractivity (Wildman–Crippen MR) is 118 cm³/mol. The summed E-state index contributed by atoms with van der Waals surface area (Å²) in [6.45, 7) is 4.59. The molecule has 1 aliphatic rings. The molecule has 1 fully saturated rings. The van der Waals surface area contributed by atoms with Gasteiger partial charge in [0.2, 0.25) is 0 Å². The van der Waals surface area contributed by atoms with Crippen molar-refractivity contribution in [2.45, 2.75) is 13.0 Å². The van der Waals surface area contributed by atoms with Gasteiger partial charge in [-0.15, -0.1) is 0 Å². The van der Waals surface area contributed by atoms with Crippen molar-refractivity contribution in [1.29, 1.82) is 0 Å². The molecule has 0 spiro atoms. The molecule has 3 aromatic rings. The van der Waals surface area contributed by atoms with Crippen molar-refractivity contribution in [1.82, 2.24) is 9.80 Å². The Morgan fingerprint density at radius 1 is 0.867 bits per heavy atom. The van der Waals surface area contributed by atoms with Crippen molar-refractivity contribution < 1.29 is 9.18 Å². The maximum atomic E-state index is 13.6. The topological polar surface area (TPSA) is 35.6 Å². The van der Waals surface area contributed by atoms with E-state index >= 15 is 0 Å². The van der Waals surface area contributed by atoms with Crippen LogP contribution in [0.4, 0.5) is 14.9 Å². The third kappa shape index (κ3) is 4.69. The lowest BCUT2D eigenvalue weighted by Crippen LogP contribution is -2.51. The first-order valence-corrected chi connectivity index (χ1v) is 10.3. The molecule has 0 atom stereocenters. The van der Waals surface area contributed by atoms with Crippen LogP contribution < -0.4 is 5.32 Å². The van der Waals surface area contributed by atoms with E-state index in [2.05, 4.69) is 58.7 Å². The number of anilines is 1. The zero-order chi connectivity index (χ0) is 20.9. The minimum atomic E-state index is -0.344. The first-order chi connectivity index (χ1) is 14.6. The fourth-order valence-electron chi connectivity index (χ4n) is 4.08. The number of carbonyl (C=O) groups excluding carboxylic acids is 1. The highest BCUT2D eigenvalue weighted by atomic mass is 19.1. The van der Waals surface area contributed by atoms with E-state index in [1.165, 1.54) is 23.3 Å². The van der Waals surface area contributed by atoms with Crippen LogP contribution in [0.15, 0.2) is 78.9 Å². The number of nitrogens with one attached hydrogen (secondary N) is 1. The molecular weight excluding hydrogens is 377 g/mol. The van der Waals surface area contributed by atoms with Crippen molar-refractivity contribution in [2.75, 3.05) is 31.5 Å². The first-order valence-electron chi connectivity index (χ1n) is 10.3. The number of aryl methyl sites for hydroxylation is 1. The Kier molecular flexibility index (Phi) is 6.10. The summed E-state index contributed by atoms with van der Waals surface area (Å²) in [5.74, 6) is -0.344. The molecule has 5 heteroatoms. The van der Waals surface area contributed by atoms with E-state index in [0.29, 0.717) is 18.8 Å². The lowest BCUT2D eigenvalue weighted by molar-refractivity contribution is 0.126.